The first-order chi connectivity index (χ1) is 11.8. The van der Waals surface area contributed by atoms with E-state index in [-0.39, 0.29) is 11.6 Å². The Morgan fingerprint density at radius 3 is 1.56 bits per heavy atom. The number of benzene rings is 2. The van der Waals surface area contributed by atoms with Gasteiger partial charge >= 0.3 is 0 Å². The van der Waals surface area contributed by atoms with Crippen LogP contribution >= 0.6 is 12.1 Å². The monoisotopic (exact) mass is 362 g/mol. The van der Waals surface area contributed by atoms with Crippen LogP contribution in [-0.4, -0.2) is 35.4 Å². The maximum Gasteiger partial charge on any atom is 0.123 e. The average Bonchev–Trinajstić information content (AvgIpc) is 2.53. The maximum atomic E-state index is 13.1. The average molecular weight is 362 g/mol. The molecule has 2 aromatic carbocycles. The lowest BCUT2D eigenvalue weighted by Gasteiger charge is -2.18. The normalized spacial score (nSPS) is 11.4. The predicted octanol–water partition coefficient (Wildman–Crippen LogP) is 5.03. The van der Waals surface area contributed by atoms with Crippen LogP contribution in [0.3, 0.4) is 0 Å². The van der Waals surface area contributed by atoms with Crippen molar-refractivity contribution in [1.82, 2.24) is 8.61 Å². The quantitative estimate of drug-likeness (QED) is 0.410. The van der Waals surface area contributed by atoms with E-state index in [0.717, 1.165) is 11.1 Å². The number of hydrogen-bond donors (Lipinski definition) is 0. The largest absolute Gasteiger partial charge is 0.292 e. The minimum Gasteiger partial charge on any atom is -0.292 e. The summed E-state index contributed by atoms with van der Waals surface area (Å²) in [7, 11) is 3.70. The standard InChI is InChI=1S/C18H20F2N4S/c1-13-9-15(19)5-7-17(13)21-11-23(3)25-24(4)12-22-18-8-6-16(20)10-14(18)2/h5-12H,1-4H3. The highest BCUT2D eigenvalue weighted by atomic mass is 32.2. The molecule has 0 unspecified atom stereocenters. The van der Waals surface area contributed by atoms with Crippen LogP contribution in [-0.2, 0) is 0 Å². The van der Waals surface area contributed by atoms with E-state index in [2.05, 4.69) is 9.98 Å². The molecule has 0 atom stereocenters. The number of aryl methyl sites for hydroxylation is 2. The van der Waals surface area contributed by atoms with Gasteiger partial charge in [0.2, 0.25) is 0 Å². The molecule has 0 bridgehead atoms. The number of aliphatic imine (C=N–C) groups is 2. The minimum absolute atomic E-state index is 0.272. The Bertz CT molecular complexity index is 727. The van der Waals surface area contributed by atoms with Crippen molar-refractivity contribution < 1.29 is 8.78 Å². The molecule has 25 heavy (non-hydrogen) atoms. The highest BCUT2D eigenvalue weighted by molar-refractivity contribution is 7.95. The Morgan fingerprint density at radius 2 is 1.20 bits per heavy atom. The summed E-state index contributed by atoms with van der Waals surface area (Å²) < 4.78 is 29.8. The molecule has 2 aromatic rings. The molecular weight excluding hydrogens is 342 g/mol. The second-order valence-electron chi connectivity index (χ2n) is 5.52. The Labute approximate surface area is 151 Å². The zero-order chi connectivity index (χ0) is 18.4. The molecule has 7 heteroatoms. The first kappa shape index (κ1) is 18.9. The summed E-state index contributed by atoms with van der Waals surface area (Å²) >= 11 is 1.38. The number of hydrogen-bond acceptors (Lipinski definition) is 3. The highest BCUT2D eigenvalue weighted by Crippen LogP contribution is 2.21. The Hall–Kier alpha value is -2.41. The summed E-state index contributed by atoms with van der Waals surface area (Å²) in [5.74, 6) is -0.544. The van der Waals surface area contributed by atoms with E-state index in [9.17, 15) is 8.78 Å². The van der Waals surface area contributed by atoms with Crippen LogP contribution in [0.5, 0.6) is 0 Å². The van der Waals surface area contributed by atoms with E-state index in [0.29, 0.717) is 11.4 Å². The molecule has 0 spiro atoms. The van der Waals surface area contributed by atoms with E-state index in [1.807, 2.05) is 27.9 Å². The summed E-state index contributed by atoms with van der Waals surface area (Å²) in [6.45, 7) is 3.62. The van der Waals surface area contributed by atoms with Crippen molar-refractivity contribution in [2.24, 2.45) is 9.98 Å². The van der Waals surface area contributed by atoms with Gasteiger partial charge in [-0.25, -0.2) is 18.8 Å². The van der Waals surface area contributed by atoms with Gasteiger partial charge in [-0.15, -0.1) is 0 Å². The van der Waals surface area contributed by atoms with E-state index in [4.69, 9.17) is 0 Å². The molecule has 0 radical (unpaired) electrons. The van der Waals surface area contributed by atoms with Crippen LogP contribution in [0.2, 0.25) is 0 Å². The van der Waals surface area contributed by atoms with E-state index < -0.39 is 0 Å². The summed E-state index contributed by atoms with van der Waals surface area (Å²) in [4.78, 5) is 8.69. The van der Waals surface area contributed by atoms with Gasteiger partial charge in [0, 0.05) is 14.1 Å². The molecule has 132 valence electrons. The third-order valence-corrected chi connectivity index (χ3v) is 4.00. The zero-order valence-corrected chi connectivity index (χ0v) is 15.4. The molecule has 0 aliphatic heterocycles. The molecule has 0 aliphatic carbocycles. The minimum atomic E-state index is -0.272. The van der Waals surface area contributed by atoms with Crippen LogP contribution in [0.15, 0.2) is 46.4 Å². The fraction of sp³-hybridized carbons (Fsp3) is 0.222. The van der Waals surface area contributed by atoms with Crippen LogP contribution < -0.4 is 0 Å². The van der Waals surface area contributed by atoms with Crippen molar-refractivity contribution in [3.8, 4) is 0 Å². The van der Waals surface area contributed by atoms with Gasteiger partial charge < -0.3 is 0 Å². The first-order valence-electron chi connectivity index (χ1n) is 7.59. The van der Waals surface area contributed by atoms with Crippen LogP contribution in [0.1, 0.15) is 11.1 Å². The van der Waals surface area contributed by atoms with E-state index >= 15 is 0 Å². The first-order valence-corrected chi connectivity index (χ1v) is 8.32. The molecular formula is C18H20F2N4S. The molecule has 0 aliphatic rings. The van der Waals surface area contributed by atoms with Crippen molar-refractivity contribution in [3.05, 3.63) is 59.2 Å². The van der Waals surface area contributed by atoms with Crippen molar-refractivity contribution in [3.63, 3.8) is 0 Å². The molecule has 0 saturated heterocycles. The smallest absolute Gasteiger partial charge is 0.123 e. The van der Waals surface area contributed by atoms with Crippen LogP contribution in [0.4, 0.5) is 20.2 Å². The van der Waals surface area contributed by atoms with Crippen molar-refractivity contribution >= 4 is 36.2 Å². The van der Waals surface area contributed by atoms with Crippen molar-refractivity contribution in [1.29, 1.82) is 0 Å². The van der Waals surface area contributed by atoms with Gasteiger partial charge in [-0.05, 0) is 61.4 Å². The number of rotatable bonds is 6. The fourth-order valence-corrected chi connectivity index (χ4v) is 2.64. The maximum absolute atomic E-state index is 13.1. The van der Waals surface area contributed by atoms with Gasteiger partial charge in [0.05, 0.1) is 23.5 Å². The van der Waals surface area contributed by atoms with Crippen molar-refractivity contribution in [2.75, 3.05) is 14.1 Å². The number of halogens is 2. The predicted molar refractivity (Wildman–Crippen MR) is 102 cm³/mol. The second kappa shape index (κ2) is 8.62. The van der Waals surface area contributed by atoms with E-state index in [1.54, 1.807) is 33.4 Å². The van der Waals surface area contributed by atoms with Gasteiger partial charge in [-0.3, -0.25) is 8.61 Å². The molecule has 0 amide bonds. The molecule has 0 N–H and O–H groups in total. The van der Waals surface area contributed by atoms with Crippen LogP contribution in [0.25, 0.3) is 0 Å². The molecule has 4 nitrogen and oxygen atoms in total. The molecule has 0 fully saturated rings. The summed E-state index contributed by atoms with van der Waals surface area (Å²) in [5.41, 5.74) is 2.98. The van der Waals surface area contributed by atoms with Gasteiger partial charge in [0.25, 0.3) is 0 Å². The van der Waals surface area contributed by atoms with Gasteiger partial charge in [0.15, 0.2) is 0 Å². The molecule has 0 saturated carbocycles. The summed E-state index contributed by atoms with van der Waals surface area (Å²) in [6.07, 6.45) is 3.30. The number of nitrogens with zero attached hydrogens (tertiary/aromatic N) is 4. The van der Waals surface area contributed by atoms with Crippen molar-refractivity contribution in [2.45, 2.75) is 13.8 Å². The Balaban J connectivity index is 1.94. The topological polar surface area (TPSA) is 31.2 Å². The summed E-state index contributed by atoms with van der Waals surface area (Å²) in [6, 6.07) is 8.95. The zero-order valence-electron chi connectivity index (χ0n) is 14.6. The van der Waals surface area contributed by atoms with Gasteiger partial charge in [0.1, 0.15) is 24.3 Å². The highest BCUT2D eigenvalue weighted by Gasteiger charge is 2.02. The lowest BCUT2D eigenvalue weighted by molar-refractivity contribution is 0.626. The van der Waals surface area contributed by atoms with Crippen LogP contribution in [0, 0.1) is 25.5 Å². The van der Waals surface area contributed by atoms with Gasteiger partial charge in [-0.1, -0.05) is 0 Å². The second-order valence-corrected chi connectivity index (χ2v) is 6.84. The van der Waals surface area contributed by atoms with E-state index in [1.165, 1.54) is 36.4 Å². The Kier molecular flexibility index (Phi) is 6.52. The lowest BCUT2D eigenvalue weighted by atomic mass is 10.2. The fourth-order valence-electron chi connectivity index (χ4n) is 2.06. The lowest BCUT2D eigenvalue weighted by Crippen LogP contribution is -2.16. The molecule has 2 rings (SSSR count). The molecule has 0 heterocycles. The molecule has 0 aromatic heterocycles. The SMILES string of the molecule is Cc1cc(F)ccc1N=CN(C)SN(C)C=Nc1ccc(F)cc1C. The summed E-state index contributed by atoms with van der Waals surface area (Å²) in [5, 5.41) is 0. The third kappa shape index (κ3) is 5.86. The van der Waals surface area contributed by atoms with Gasteiger partial charge in [-0.2, -0.15) is 0 Å². The Morgan fingerprint density at radius 1 is 0.800 bits per heavy atom. The third-order valence-electron chi connectivity index (χ3n) is 3.29.